The lowest BCUT2D eigenvalue weighted by atomic mass is 10.1. The predicted octanol–water partition coefficient (Wildman–Crippen LogP) is 3.13. The van der Waals surface area contributed by atoms with Crippen molar-refractivity contribution in [3.05, 3.63) is 16.9 Å². The lowest BCUT2D eigenvalue weighted by molar-refractivity contribution is 0.551. The summed E-state index contributed by atoms with van der Waals surface area (Å²) in [5.74, 6) is -0.0925. The first-order chi connectivity index (χ1) is 7.88. The molecule has 0 aliphatic rings. The van der Waals surface area contributed by atoms with Crippen LogP contribution in [0.4, 0.5) is 21.5 Å². The maximum Gasteiger partial charge on any atom is 0.169 e. The van der Waals surface area contributed by atoms with Crippen LogP contribution < -0.4 is 16.4 Å². The second kappa shape index (κ2) is 5.45. The standard InChI is InChI=1S/C12H19ClFN3/c1-4-7(2)6-17(3)12-9(16)5-8(15)10(13)11(12)14/h5,7H,4,6,15-16H2,1-3H3. The SMILES string of the molecule is CCC(C)CN(C)c1c(N)cc(N)c(Cl)c1F. The van der Waals surface area contributed by atoms with Gasteiger partial charge in [-0.15, -0.1) is 0 Å². The van der Waals surface area contributed by atoms with Crippen molar-refractivity contribution in [3.63, 3.8) is 0 Å². The topological polar surface area (TPSA) is 55.3 Å². The molecular weight excluding hydrogens is 241 g/mol. The third-order valence-corrected chi connectivity index (χ3v) is 3.29. The molecule has 1 atom stereocenters. The van der Waals surface area contributed by atoms with Crippen LogP contribution in [-0.2, 0) is 0 Å². The molecule has 17 heavy (non-hydrogen) atoms. The fourth-order valence-corrected chi connectivity index (χ4v) is 1.88. The van der Waals surface area contributed by atoms with Gasteiger partial charge in [0.1, 0.15) is 5.02 Å². The normalized spacial score (nSPS) is 12.5. The molecule has 0 radical (unpaired) electrons. The Labute approximate surface area is 107 Å². The number of benzene rings is 1. The summed E-state index contributed by atoms with van der Waals surface area (Å²) in [6, 6.07) is 1.49. The van der Waals surface area contributed by atoms with E-state index >= 15 is 0 Å². The van der Waals surface area contributed by atoms with E-state index in [2.05, 4.69) is 13.8 Å². The van der Waals surface area contributed by atoms with Gasteiger partial charge in [-0.1, -0.05) is 31.9 Å². The molecule has 0 amide bonds. The smallest absolute Gasteiger partial charge is 0.169 e. The maximum atomic E-state index is 14.0. The van der Waals surface area contributed by atoms with E-state index in [0.29, 0.717) is 17.3 Å². The zero-order chi connectivity index (χ0) is 13.2. The molecule has 0 saturated heterocycles. The van der Waals surface area contributed by atoms with Crippen molar-refractivity contribution in [1.29, 1.82) is 0 Å². The largest absolute Gasteiger partial charge is 0.397 e. The van der Waals surface area contributed by atoms with Crippen LogP contribution in [0.15, 0.2) is 6.07 Å². The molecule has 1 aromatic carbocycles. The second-order valence-corrected chi connectivity index (χ2v) is 4.80. The third kappa shape index (κ3) is 2.94. The highest BCUT2D eigenvalue weighted by atomic mass is 35.5. The molecule has 0 spiro atoms. The van der Waals surface area contributed by atoms with E-state index in [-0.39, 0.29) is 10.7 Å². The van der Waals surface area contributed by atoms with Gasteiger partial charge in [0.25, 0.3) is 0 Å². The molecule has 1 aromatic rings. The van der Waals surface area contributed by atoms with Gasteiger partial charge in [0.05, 0.1) is 17.1 Å². The molecule has 5 heteroatoms. The Bertz CT molecular complexity index is 409. The molecule has 0 aromatic heterocycles. The Balaban J connectivity index is 3.09. The number of rotatable bonds is 4. The number of hydrogen-bond donors (Lipinski definition) is 2. The Morgan fingerprint density at radius 1 is 1.41 bits per heavy atom. The van der Waals surface area contributed by atoms with Gasteiger partial charge in [0.2, 0.25) is 0 Å². The van der Waals surface area contributed by atoms with Gasteiger partial charge in [-0.2, -0.15) is 0 Å². The minimum atomic E-state index is -0.546. The van der Waals surface area contributed by atoms with Crippen molar-refractivity contribution >= 4 is 28.7 Å². The minimum absolute atomic E-state index is 0.0646. The van der Waals surface area contributed by atoms with Crippen LogP contribution in [0.5, 0.6) is 0 Å². The van der Waals surface area contributed by atoms with E-state index in [0.717, 1.165) is 13.0 Å². The lowest BCUT2D eigenvalue weighted by Crippen LogP contribution is -2.25. The molecule has 0 aliphatic heterocycles. The Morgan fingerprint density at radius 2 is 2.00 bits per heavy atom. The zero-order valence-electron chi connectivity index (χ0n) is 10.4. The van der Waals surface area contributed by atoms with Crippen molar-refractivity contribution in [2.24, 2.45) is 5.92 Å². The number of nitrogens with two attached hydrogens (primary N) is 2. The lowest BCUT2D eigenvalue weighted by Gasteiger charge is -2.25. The molecule has 0 aliphatic carbocycles. The zero-order valence-corrected chi connectivity index (χ0v) is 11.2. The summed E-state index contributed by atoms with van der Waals surface area (Å²) in [6.07, 6.45) is 1.02. The van der Waals surface area contributed by atoms with Gasteiger partial charge in [-0.25, -0.2) is 4.39 Å². The van der Waals surface area contributed by atoms with Crippen LogP contribution in [0, 0.1) is 11.7 Å². The summed E-state index contributed by atoms with van der Waals surface area (Å²) in [7, 11) is 1.80. The van der Waals surface area contributed by atoms with E-state index < -0.39 is 5.82 Å². The highest BCUT2D eigenvalue weighted by Gasteiger charge is 2.18. The summed E-state index contributed by atoms with van der Waals surface area (Å²) in [5.41, 5.74) is 12.1. The van der Waals surface area contributed by atoms with Crippen LogP contribution in [-0.4, -0.2) is 13.6 Å². The van der Waals surface area contributed by atoms with Gasteiger partial charge < -0.3 is 16.4 Å². The van der Waals surface area contributed by atoms with Crippen LogP contribution in [0.2, 0.25) is 5.02 Å². The average molecular weight is 260 g/mol. The molecule has 0 heterocycles. The molecule has 0 saturated carbocycles. The summed E-state index contributed by atoms with van der Waals surface area (Å²) in [6.45, 7) is 4.91. The van der Waals surface area contributed by atoms with E-state index in [1.54, 1.807) is 11.9 Å². The molecule has 0 bridgehead atoms. The van der Waals surface area contributed by atoms with E-state index in [1.165, 1.54) is 6.07 Å². The van der Waals surface area contributed by atoms with E-state index in [4.69, 9.17) is 23.1 Å². The van der Waals surface area contributed by atoms with Gasteiger partial charge >= 0.3 is 0 Å². The number of nitrogens with zero attached hydrogens (tertiary/aromatic N) is 1. The first kappa shape index (κ1) is 13.9. The van der Waals surface area contributed by atoms with Crippen LogP contribution >= 0.6 is 11.6 Å². The van der Waals surface area contributed by atoms with Crippen LogP contribution in [0.25, 0.3) is 0 Å². The van der Waals surface area contributed by atoms with E-state index in [9.17, 15) is 4.39 Å². The summed E-state index contributed by atoms with van der Waals surface area (Å²) in [4.78, 5) is 1.78. The summed E-state index contributed by atoms with van der Waals surface area (Å²) in [5, 5.41) is -0.0646. The fraction of sp³-hybridized carbons (Fsp3) is 0.500. The first-order valence-electron chi connectivity index (χ1n) is 5.62. The molecular formula is C12H19ClFN3. The monoisotopic (exact) mass is 259 g/mol. The Hall–Kier alpha value is -1.16. The van der Waals surface area contributed by atoms with Crippen LogP contribution in [0.3, 0.4) is 0 Å². The van der Waals surface area contributed by atoms with Gasteiger partial charge in [-0.05, 0) is 12.0 Å². The Morgan fingerprint density at radius 3 is 2.53 bits per heavy atom. The highest BCUT2D eigenvalue weighted by molar-refractivity contribution is 6.33. The van der Waals surface area contributed by atoms with Gasteiger partial charge in [0.15, 0.2) is 5.82 Å². The van der Waals surface area contributed by atoms with Crippen molar-refractivity contribution in [2.45, 2.75) is 20.3 Å². The number of nitrogen functional groups attached to an aromatic ring is 2. The van der Waals surface area contributed by atoms with Gasteiger partial charge in [-0.3, -0.25) is 0 Å². The van der Waals surface area contributed by atoms with Crippen molar-refractivity contribution in [1.82, 2.24) is 0 Å². The van der Waals surface area contributed by atoms with Crippen molar-refractivity contribution in [3.8, 4) is 0 Å². The minimum Gasteiger partial charge on any atom is -0.397 e. The molecule has 96 valence electrons. The van der Waals surface area contributed by atoms with Gasteiger partial charge in [0, 0.05) is 13.6 Å². The van der Waals surface area contributed by atoms with Crippen LogP contribution in [0.1, 0.15) is 20.3 Å². The third-order valence-electron chi connectivity index (χ3n) is 2.90. The molecule has 1 rings (SSSR count). The number of anilines is 3. The van der Waals surface area contributed by atoms with E-state index in [1.807, 2.05) is 0 Å². The second-order valence-electron chi connectivity index (χ2n) is 4.43. The van der Waals surface area contributed by atoms with Crippen molar-refractivity contribution in [2.75, 3.05) is 30.0 Å². The molecule has 0 fully saturated rings. The summed E-state index contributed by atoms with van der Waals surface area (Å²) >= 11 is 5.79. The quantitative estimate of drug-likeness (QED) is 0.817. The molecule has 3 nitrogen and oxygen atoms in total. The number of hydrogen-bond acceptors (Lipinski definition) is 3. The number of halogens is 2. The molecule has 4 N–H and O–H groups in total. The van der Waals surface area contributed by atoms with Crippen molar-refractivity contribution < 1.29 is 4.39 Å². The highest BCUT2D eigenvalue weighted by Crippen LogP contribution is 2.35. The average Bonchev–Trinajstić information content (AvgIpc) is 2.25. The Kier molecular flexibility index (Phi) is 4.46. The molecule has 1 unspecified atom stereocenters. The maximum absolute atomic E-state index is 14.0. The summed E-state index contributed by atoms with van der Waals surface area (Å²) < 4.78 is 14.0. The predicted molar refractivity (Wildman–Crippen MR) is 73.0 cm³/mol. The fourth-order valence-electron chi connectivity index (χ4n) is 1.73. The first-order valence-corrected chi connectivity index (χ1v) is 6.00.